The topological polar surface area (TPSA) is 135 Å². The molecule has 3 rings (SSSR count). The predicted octanol–water partition coefficient (Wildman–Crippen LogP) is 1.30. The molecule has 1 aliphatic carbocycles. The second-order valence-electron chi connectivity index (χ2n) is 4.96. The molecule has 0 aliphatic heterocycles. The van der Waals surface area contributed by atoms with Crippen LogP contribution < -0.4 is 0 Å². The van der Waals surface area contributed by atoms with Crippen molar-refractivity contribution in [2.45, 2.75) is 6.92 Å². The first-order chi connectivity index (χ1) is 10.3. The van der Waals surface area contributed by atoms with Gasteiger partial charge in [-0.15, -0.1) is 0 Å². The minimum Gasteiger partial charge on any atom is -0.508 e. The SMILES string of the molecule is Cc1c(O)cc2c(c1O)C(=O)c1c(O)cc(O)c(O)c1C2=O. The molecule has 7 heteroatoms. The number of phenolic OH excluding ortho intramolecular Hbond substituents is 5. The number of fused-ring (bicyclic) bond motifs is 2. The van der Waals surface area contributed by atoms with Gasteiger partial charge in [0.1, 0.15) is 17.2 Å². The summed E-state index contributed by atoms with van der Waals surface area (Å²) in [7, 11) is 0. The normalized spacial score (nSPS) is 13.0. The summed E-state index contributed by atoms with van der Waals surface area (Å²) in [6.45, 7) is 1.35. The van der Waals surface area contributed by atoms with Crippen molar-refractivity contribution < 1.29 is 35.1 Å². The zero-order valence-electron chi connectivity index (χ0n) is 11.2. The molecule has 2 aromatic rings. The average molecular weight is 302 g/mol. The number of ketones is 2. The number of phenols is 5. The monoisotopic (exact) mass is 302 g/mol. The molecule has 0 amide bonds. The van der Waals surface area contributed by atoms with E-state index >= 15 is 0 Å². The van der Waals surface area contributed by atoms with Crippen LogP contribution in [0.25, 0.3) is 0 Å². The molecule has 7 nitrogen and oxygen atoms in total. The van der Waals surface area contributed by atoms with Gasteiger partial charge in [0.15, 0.2) is 17.3 Å². The number of benzene rings is 2. The first-order valence-corrected chi connectivity index (χ1v) is 6.18. The van der Waals surface area contributed by atoms with E-state index in [1.54, 1.807) is 0 Å². The molecule has 0 bridgehead atoms. The first-order valence-electron chi connectivity index (χ1n) is 6.18. The fourth-order valence-electron chi connectivity index (χ4n) is 2.52. The van der Waals surface area contributed by atoms with Crippen molar-refractivity contribution in [2.24, 2.45) is 0 Å². The van der Waals surface area contributed by atoms with E-state index in [4.69, 9.17) is 0 Å². The van der Waals surface area contributed by atoms with E-state index in [0.29, 0.717) is 0 Å². The molecule has 2 aromatic carbocycles. The molecule has 0 fully saturated rings. The minimum atomic E-state index is -0.904. The lowest BCUT2D eigenvalue weighted by Gasteiger charge is -2.21. The van der Waals surface area contributed by atoms with Crippen LogP contribution in [0.4, 0.5) is 0 Å². The third-order valence-electron chi connectivity index (χ3n) is 3.71. The number of rotatable bonds is 0. The minimum absolute atomic E-state index is 0.00541. The van der Waals surface area contributed by atoms with Crippen LogP contribution in [-0.4, -0.2) is 37.1 Å². The van der Waals surface area contributed by atoms with Gasteiger partial charge in [0.05, 0.1) is 16.7 Å². The van der Waals surface area contributed by atoms with Crippen LogP contribution in [0.15, 0.2) is 12.1 Å². The molecule has 0 heterocycles. The predicted molar refractivity (Wildman–Crippen MR) is 72.8 cm³/mol. The Kier molecular flexibility index (Phi) is 2.59. The molecule has 5 N–H and O–H groups in total. The molecule has 0 radical (unpaired) electrons. The summed E-state index contributed by atoms with van der Waals surface area (Å²) in [5.74, 6) is -5.08. The largest absolute Gasteiger partial charge is 0.508 e. The van der Waals surface area contributed by atoms with E-state index in [-0.39, 0.29) is 16.7 Å². The van der Waals surface area contributed by atoms with Crippen molar-refractivity contribution in [1.82, 2.24) is 0 Å². The maximum Gasteiger partial charge on any atom is 0.202 e. The molecule has 0 saturated heterocycles. The van der Waals surface area contributed by atoms with E-state index in [0.717, 1.165) is 12.1 Å². The molecule has 112 valence electrons. The highest BCUT2D eigenvalue weighted by atomic mass is 16.3. The maximum absolute atomic E-state index is 12.5. The Morgan fingerprint density at radius 2 is 1.32 bits per heavy atom. The Bertz CT molecular complexity index is 876. The van der Waals surface area contributed by atoms with Gasteiger partial charge >= 0.3 is 0 Å². The van der Waals surface area contributed by atoms with E-state index in [1.165, 1.54) is 6.92 Å². The number of carbonyl (C=O) groups is 2. The standard InChI is InChI=1S/C15H10O7/c1-4-6(16)2-5-9(12(4)19)15(22)10-7(17)3-8(18)14(21)11(10)13(5)20/h2-3,16-19,21H,1H3. The van der Waals surface area contributed by atoms with Crippen LogP contribution in [0.1, 0.15) is 37.4 Å². The second-order valence-corrected chi connectivity index (χ2v) is 4.96. The van der Waals surface area contributed by atoms with E-state index in [1.807, 2.05) is 0 Å². The van der Waals surface area contributed by atoms with Gasteiger partial charge in [-0.25, -0.2) is 0 Å². The molecule has 1 aliphatic rings. The Hall–Kier alpha value is -3.22. The van der Waals surface area contributed by atoms with Crippen LogP contribution in [0.5, 0.6) is 28.7 Å². The van der Waals surface area contributed by atoms with Crippen LogP contribution >= 0.6 is 0 Å². The lowest BCUT2D eigenvalue weighted by atomic mass is 9.81. The van der Waals surface area contributed by atoms with Gasteiger partial charge in [-0.2, -0.15) is 0 Å². The smallest absolute Gasteiger partial charge is 0.202 e. The van der Waals surface area contributed by atoms with Crippen LogP contribution in [-0.2, 0) is 0 Å². The molecule has 22 heavy (non-hydrogen) atoms. The number of aromatic hydroxyl groups is 5. The Labute approximate surface area is 123 Å². The summed E-state index contributed by atoms with van der Waals surface area (Å²) >= 11 is 0. The summed E-state index contributed by atoms with van der Waals surface area (Å²) in [6, 6.07) is 1.72. The molecule has 0 saturated carbocycles. The van der Waals surface area contributed by atoms with E-state index < -0.39 is 51.4 Å². The summed E-state index contributed by atoms with van der Waals surface area (Å²) in [5.41, 5.74) is -1.76. The summed E-state index contributed by atoms with van der Waals surface area (Å²) in [4.78, 5) is 24.9. The average Bonchev–Trinajstić information content (AvgIpc) is 2.45. The molecule has 0 atom stereocenters. The lowest BCUT2D eigenvalue weighted by molar-refractivity contribution is 0.0970. The molecule has 0 unspecified atom stereocenters. The van der Waals surface area contributed by atoms with Crippen molar-refractivity contribution in [2.75, 3.05) is 0 Å². The highest BCUT2D eigenvalue weighted by Crippen LogP contribution is 2.46. The first kappa shape index (κ1) is 13.7. The zero-order valence-corrected chi connectivity index (χ0v) is 11.2. The summed E-state index contributed by atoms with van der Waals surface area (Å²) in [6.07, 6.45) is 0. The van der Waals surface area contributed by atoms with Gasteiger partial charge < -0.3 is 25.5 Å². The quantitative estimate of drug-likeness (QED) is 0.312. The third kappa shape index (κ3) is 1.50. The third-order valence-corrected chi connectivity index (χ3v) is 3.71. The van der Waals surface area contributed by atoms with E-state index in [9.17, 15) is 35.1 Å². The van der Waals surface area contributed by atoms with Crippen molar-refractivity contribution >= 4 is 11.6 Å². The van der Waals surface area contributed by atoms with Crippen molar-refractivity contribution in [3.63, 3.8) is 0 Å². The Balaban J connectivity index is 2.46. The fourth-order valence-corrected chi connectivity index (χ4v) is 2.52. The molecular formula is C15H10O7. The van der Waals surface area contributed by atoms with Crippen LogP contribution in [0, 0.1) is 6.92 Å². The Morgan fingerprint density at radius 1 is 0.682 bits per heavy atom. The molecule has 0 spiro atoms. The zero-order chi connectivity index (χ0) is 16.3. The summed E-state index contributed by atoms with van der Waals surface area (Å²) < 4.78 is 0. The molecular weight excluding hydrogens is 292 g/mol. The van der Waals surface area contributed by atoms with Crippen molar-refractivity contribution in [1.29, 1.82) is 0 Å². The molecule has 0 aromatic heterocycles. The number of hydrogen-bond acceptors (Lipinski definition) is 7. The number of carbonyl (C=O) groups excluding carboxylic acids is 2. The Morgan fingerprint density at radius 3 is 1.95 bits per heavy atom. The van der Waals surface area contributed by atoms with Gasteiger partial charge in [0.25, 0.3) is 0 Å². The van der Waals surface area contributed by atoms with Gasteiger partial charge in [-0.05, 0) is 13.0 Å². The number of hydrogen-bond donors (Lipinski definition) is 5. The lowest BCUT2D eigenvalue weighted by Crippen LogP contribution is -2.21. The maximum atomic E-state index is 12.5. The second kappa shape index (κ2) is 4.14. The summed E-state index contributed by atoms with van der Waals surface area (Å²) in [5, 5.41) is 48.8. The van der Waals surface area contributed by atoms with E-state index in [2.05, 4.69) is 0 Å². The fraction of sp³-hybridized carbons (Fsp3) is 0.0667. The highest BCUT2D eigenvalue weighted by molar-refractivity contribution is 6.31. The van der Waals surface area contributed by atoms with Crippen LogP contribution in [0.3, 0.4) is 0 Å². The van der Waals surface area contributed by atoms with Gasteiger partial charge in [-0.1, -0.05) is 0 Å². The van der Waals surface area contributed by atoms with Crippen LogP contribution in [0.2, 0.25) is 0 Å². The van der Waals surface area contributed by atoms with Crippen molar-refractivity contribution in [3.05, 3.63) is 39.9 Å². The van der Waals surface area contributed by atoms with Gasteiger partial charge in [-0.3, -0.25) is 9.59 Å². The van der Waals surface area contributed by atoms with Gasteiger partial charge in [0.2, 0.25) is 5.78 Å². The van der Waals surface area contributed by atoms with Gasteiger partial charge in [0, 0.05) is 17.2 Å². The highest BCUT2D eigenvalue weighted by Gasteiger charge is 2.38. The van der Waals surface area contributed by atoms with Crippen molar-refractivity contribution in [3.8, 4) is 28.7 Å².